The van der Waals surface area contributed by atoms with Crippen LogP contribution in [0, 0.1) is 0 Å². The topological polar surface area (TPSA) is 64.4 Å². The fourth-order valence-electron chi connectivity index (χ4n) is 2.59. The molecule has 0 fully saturated rings. The van der Waals surface area contributed by atoms with E-state index in [-0.39, 0.29) is 10.6 Å². The molecule has 0 radical (unpaired) electrons. The molecule has 2 aromatic heterocycles. The molecule has 6 nitrogen and oxygen atoms in total. The molecule has 0 unspecified atom stereocenters. The Morgan fingerprint density at radius 3 is 2.81 bits per heavy atom. The predicted octanol–water partition coefficient (Wildman–Crippen LogP) is 4.13. The molecule has 140 valence electrons. The average molecular weight is 469 g/mol. The van der Waals surface area contributed by atoms with E-state index >= 15 is 0 Å². The molecule has 0 aliphatic carbocycles. The van der Waals surface area contributed by atoms with Gasteiger partial charge in [0, 0.05) is 13.6 Å². The van der Waals surface area contributed by atoms with Crippen LogP contribution in [0.1, 0.15) is 15.9 Å². The van der Waals surface area contributed by atoms with Crippen LogP contribution in [0.3, 0.4) is 0 Å². The fourth-order valence-corrected chi connectivity index (χ4v) is 4.06. The average Bonchev–Trinajstić information content (AvgIpc) is 3.07. The zero-order valence-electron chi connectivity index (χ0n) is 14.5. The first-order chi connectivity index (χ1) is 12.9. The fraction of sp³-hybridized carbons (Fsp3) is 0.167. The minimum Gasteiger partial charge on any atom is -0.465 e. The lowest BCUT2D eigenvalue weighted by Crippen LogP contribution is -2.27. The Bertz CT molecular complexity index is 1050. The number of nitrogens with zero attached hydrogens (tertiary/aromatic N) is 3. The quantitative estimate of drug-likeness (QED) is 0.527. The maximum absolute atomic E-state index is 12.8. The number of carbonyl (C=O) groups excluding carboxylic acids is 1. The summed E-state index contributed by atoms with van der Waals surface area (Å²) in [5.41, 5.74) is 1.63. The lowest BCUT2D eigenvalue weighted by Gasteiger charge is -2.20. The predicted molar refractivity (Wildman–Crippen MR) is 110 cm³/mol. The number of hydrogen-bond donors (Lipinski definition) is 0. The summed E-state index contributed by atoms with van der Waals surface area (Å²) in [6.45, 7) is 0.575. The van der Waals surface area contributed by atoms with Gasteiger partial charge in [-0.05, 0) is 45.1 Å². The Morgan fingerprint density at radius 2 is 2.15 bits per heavy atom. The van der Waals surface area contributed by atoms with Gasteiger partial charge in [-0.2, -0.15) is 9.78 Å². The van der Waals surface area contributed by atoms with E-state index in [9.17, 15) is 9.59 Å². The molecule has 0 aliphatic rings. The summed E-state index contributed by atoms with van der Waals surface area (Å²) in [4.78, 5) is 26.6. The van der Waals surface area contributed by atoms with Gasteiger partial charge >= 0.3 is 5.97 Å². The van der Waals surface area contributed by atoms with Crippen LogP contribution in [0.25, 0.3) is 5.69 Å². The zero-order chi connectivity index (χ0) is 19.6. The number of hydrogen-bond acceptors (Lipinski definition) is 6. The Labute approximate surface area is 173 Å². The Kier molecular flexibility index (Phi) is 5.98. The molecule has 2 heterocycles. The van der Waals surface area contributed by atoms with Gasteiger partial charge in [0.2, 0.25) is 0 Å². The summed E-state index contributed by atoms with van der Waals surface area (Å²) in [5, 5.41) is 6.27. The van der Waals surface area contributed by atoms with Gasteiger partial charge in [0.15, 0.2) is 0 Å². The molecule has 3 rings (SSSR count). The van der Waals surface area contributed by atoms with E-state index in [0.717, 1.165) is 14.0 Å². The molecule has 0 saturated heterocycles. The van der Waals surface area contributed by atoms with Crippen molar-refractivity contribution < 1.29 is 9.53 Å². The summed E-state index contributed by atoms with van der Waals surface area (Å²) in [6.07, 6.45) is 1.51. The van der Waals surface area contributed by atoms with Gasteiger partial charge in [0.05, 0.1) is 34.0 Å². The van der Waals surface area contributed by atoms with Crippen LogP contribution in [0.4, 0.5) is 5.69 Å². The van der Waals surface area contributed by atoms with Crippen LogP contribution in [0.15, 0.2) is 50.5 Å². The van der Waals surface area contributed by atoms with Crippen molar-refractivity contribution in [3.05, 3.63) is 72.2 Å². The summed E-state index contributed by atoms with van der Waals surface area (Å²) in [6, 6.07) is 8.58. The number of para-hydroxylation sites is 1. The van der Waals surface area contributed by atoms with Crippen LogP contribution in [-0.4, -0.2) is 29.9 Å². The third kappa shape index (κ3) is 4.07. The lowest BCUT2D eigenvalue weighted by molar-refractivity contribution is 0.0600. The Hall–Kier alpha value is -2.16. The van der Waals surface area contributed by atoms with Gasteiger partial charge in [-0.3, -0.25) is 4.79 Å². The number of anilines is 1. The minimum absolute atomic E-state index is 0.0291. The van der Waals surface area contributed by atoms with E-state index in [2.05, 4.69) is 21.0 Å². The number of methoxy groups -OCH3 is 1. The largest absolute Gasteiger partial charge is 0.465 e. The SMILES string of the molecule is COC(=O)c1ccccc1-n1ncc(N(C)Cc2csc(Br)c2)c(Cl)c1=O. The van der Waals surface area contributed by atoms with Gasteiger partial charge in [0.25, 0.3) is 5.56 Å². The molecule has 0 atom stereocenters. The van der Waals surface area contributed by atoms with Crippen molar-refractivity contribution in [2.45, 2.75) is 6.54 Å². The third-order valence-electron chi connectivity index (χ3n) is 3.89. The molecular weight excluding hydrogens is 454 g/mol. The monoisotopic (exact) mass is 467 g/mol. The number of aromatic nitrogens is 2. The van der Waals surface area contributed by atoms with Crippen molar-refractivity contribution >= 4 is 50.5 Å². The van der Waals surface area contributed by atoms with E-state index in [4.69, 9.17) is 16.3 Å². The first-order valence-electron chi connectivity index (χ1n) is 7.82. The molecule has 0 amide bonds. The molecule has 3 aromatic rings. The molecule has 0 spiro atoms. The number of carbonyl (C=O) groups is 1. The van der Waals surface area contributed by atoms with Gasteiger partial charge < -0.3 is 9.64 Å². The normalized spacial score (nSPS) is 10.7. The van der Waals surface area contributed by atoms with Crippen molar-refractivity contribution in [3.63, 3.8) is 0 Å². The molecule has 0 bridgehead atoms. The first-order valence-corrected chi connectivity index (χ1v) is 9.87. The molecule has 27 heavy (non-hydrogen) atoms. The molecule has 9 heteroatoms. The number of ether oxygens (including phenoxy) is 1. The molecule has 0 N–H and O–H groups in total. The van der Waals surface area contributed by atoms with Crippen molar-refractivity contribution in [3.8, 4) is 5.69 Å². The van der Waals surface area contributed by atoms with Crippen molar-refractivity contribution in [2.24, 2.45) is 0 Å². The van der Waals surface area contributed by atoms with E-state index in [1.165, 1.54) is 13.3 Å². The standard InChI is InChI=1S/C18H15BrClN3O3S/c1-22(9-11-7-15(19)27-10-11)14-8-21-23(17(24)16(14)20)13-6-4-3-5-12(13)18(25)26-2/h3-8,10H,9H2,1-2H3. The molecule has 0 aliphatic heterocycles. The Morgan fingerprint density at radius 1 is 1.41 bits per heavy atom. The van der Waals surface area contributed by atoms with Crippen LogP contribution in [0.5, 0.6) is 0 Å². The van der Waals surface area contributed by atoms with Gasteiger partial charge in [-0.15, -0.1) is 11.3 Å². The summed E-state index contributed by atoms with van der Waals surface area (Å²) >= 11 is 11.4. The highest BCUT2D eigenvalue weighted by molar-refractivity contribution is 9.11. The van der Waals surface area contributed by atoms with Crippen molar-refractivity contribution in [1.82, 2.24) is 9.78 Å². The van der Waals surface area contributed by atoms with E-state index in [0.29, 0.717) is 17.9 Å². The van der Waals surface area contributed by atoms with Gasteiger partial charge in [-0.1, -0.05) is 23.7 Å². The lowest BCUT2D eigenvalue weighted by atomic mass is 10.2. The summed E-state index contributed by atoms with van der Waals surface area (Å²) < 4.78 is 6.91. The van der Waals surface area contributed by atoms with Gasteiger partial charge in [-0.25, -0.2) is 4.79 Å². The van der Waals surface area contributed by atoms with E-state index in [1.807, 2.05) is 23.4 Å². The second-order valence-corrected chi connectivity index (χ2v) is 8.35. The molecular formula is C18H15BrClN3O3S. The molecule has 0 saturated carbocycles. The van der Waals surface area contributed by atoms with E-state index in [1.54, 1.807) is 35.6 Å². The number of halogens is 2. The number of rotatable bonds is 5. The second-order valence-electron chi connectivity index (χ2n) is 5.68. The van der Waals surface area contributed by atoms with Crippen LogP contribution in [0.2, 0.25) is 5.02 Å². The number of esters is 1. The summed E-state index contributed by atoms with van der Waals surface area (Å²) in [5.74, 6) is -0.556. The van der Waals surface area contributed by atoms with Crippen LogP contribution in [-0.2, 0) is 11.3 Å². The maximum Gasteiger partial charge on any atom is 0.340 e. The first kappa shape index (κ1) is 19.6. The van der Waals surface area contributed by atoms with Crippen LogP contribution < -0.4 is 10.5 Å². The third-order valence-corrected chi connectivity index (χ3v) is 5.80. The smallest absolute Gasteiger partial charge is 0.340 e. The van der Waals surface area contributed by atoms with Crippen molar-refractivity contribution in [2.75, 3.05) is 19.1 Å². The minimum atomic E-state index is -0.556. The van der Waals surface area contributed by atoms with Gasteiger partial charge in [0.1, 0.15) is 5.02 Å². The second kappa shape index (κ2) is 8.24. The Balaban J connectivity index is 1.99. The van der Waals surface area contributed by atoms with Crippen LogP contribution >= 0.6 is 38.9 Å². The number of thiophene rings is 1. The highest BCUT2D eigenvalue weighted by atomic mass is 79.9. The van der Waals surface area contributed by atoms with Crippen molar-refractivity contribution in [1.29, 1.82) is 0 Å². The molecule has 1 aromatic carbocycles. The highest BCUT2D eigenvalue weighted by Gasteiger charge is 2.18. The highest BCUT2D eigenvalue weighted by Crippen LogP contribution is 2.26. The zero-order valence-corrected chi connectivity index (χ0v) is 17.6. The maximum atomic E-state index is 12.8. The number of benzene rings is 1. The summed E-state index contributed by atoms with van der Waals surface area (Å²) in [7, 11) is 3.11. The van der Waals surface area contributed by atoms with E-state index < -0.39 is 11.5 Å².